The summed E-state index contributed by atoms with van der Waals surface area (Å²) in [5.41, 5.74) is -0.0465. The standard InChI is InChI=1S/C14H25NO3/c1-11(2)9-18-13(17)15-8-5-12(16)14(10-15)6-3-4-7-14/h11-12,16H,3-10H2,1-2H3. The van der Waals surface area contributed by atoms with E-state index in [1.807, 2.05) is 13.8 Å². The molecule has 1 unspecified atom stereocenters. The summed E-state index contributed by atoms with van der Waals surface area (Å²) in [4.78, 5) is 13.8. The van der Waals surface area contributed by atoms with Crippen molar-refractivity contribution in [1.82, 2.24) is 4.90 Å². The predicted octanol–water partition coefficient (Wildman–Crippen LogP) is 2.41. The zero-order valence-electron chi connectivity index (χ0n) is 11.5. The minimum Gasteiger partial charge on any atom is -0.449 e. The number of carbonyl (C=O) groups is 1. The van der Waals surface area contributed by atoms with Crippen molar-refractivity contribution in [1.29, 1.82) is 0 Å². The summed E-state index contributed by atoms with van der Waals surface area (Å²) in [6.45, 7) is 5.84. The second-order valence-electron chi connectivity index (χ2n) is 6.27. The number of amides is 1. The monoisotopic (exact) mass is 255 g/mol. The van der Waals surface area contributed by atoms with Gasteiger partial charge in [-0.25, -0.2) is 4.79 Å². The van der Waals surface area contributed by atoms with Crippen molar-refractivity contribution in [3.63, 3.8) is 0 Å². The SMILES string of the molecule is CC(C)COC(=O)N1CCC(O)C2(CCCC2)C1. The number of ether oxygens (including phenoxy) is 1. The molecule has 1 atom stereocenters. The highest BCUT2D eigenvalue weighted by molar-refractivity contribution is 5.67. The Morgan fingerprint density at radius 1 is 1.44 bits per heavy atom. The average molecular weight is 255 g/mol. The first-order valence-electron chi connectivity index (χ1n) is 7.13. The van der Waals surface area contributed by atoms with Gasteiger partial charge in [-0.15, -0.1) is 0 Å². The lowest BCUT2D eigenvalue weighted by atomic mass is 9.76. The molecule has 104 valence electrons. The molecule has 2 fully saturated rings. The Hall–Kier alpha value is -0.770. The fourth-order valence-electron chi connectivity index (χ4n) is 3.20. The highest BCUT2D eigenvalue weighted by Crippen LogP contribution is 2.45. The second kappa shape index (κ2) is 5.47. The molecule has 1 heterocycles. The third kappa shape index (κ3) is 2.79. The van der Waals surface area contributed by atoms with Crippen molar-refractivity contribution < 1.29 is 14.6 Å². The molecule has 4 heteroatoms. The van der Waals surface area contributed by atoms with E-state index >= 15 is 0 Å². The van der Waals surface area contributed by atoms with E-state index in [1.165, 1.54) is 12.8 Å². The van der Waals surface area contributed by atoms with E-state index in [4.69, 9.17) is 4.74 Å². The van der Waals surface area contributed by atoms with Crippen LogP contribution in [0.15, 0.2) is 0 Å². The Morgan fingerprint density at radius 3 is 2.72 bits per heavy atom. The van der Waals surface area contributed by atoms with Gasteiger partial charge < -0.3 is 14.7 Å². The zero-order chi connectivity index (χ0) is 13.2. The molecule has 4 nitrogen and oxygen atoms in total. The van der Waals surface area contributed by atoms with E-state index in [9.17, 15) is 9.90 Å². The van der Waals surface area contributed by atoms with Gasteiger partial charge in [0.1, 0.15) is 0 Å². The maximum atomic E-state index is 12.0. The first-order chi connectivity index (χ1) is 8.53. The van der Waals surface area contributed by atoms with E-state index in [1.54, 1.807) is 4.90 Å². The summed E-state index contributed by atoms with van der Waals surface area (Å²) < 4.78 is 5.29. The van der Waals surface area contributed by atoms with Crippen LogP contribution < -0.4 is 0 Å². The molecular formula is C14H25NO3. The molecule has 0 radical (unpaired) electrons. The predicted molar refractivity (Wildman–Crippen MR) is 69.3 cm³/mol. The van der Waals surface area contributed by atoms with Crippen molar-refractivity contribution in [2.24, 2.45) is 11.3 Å². The van der Waals surface area contributed by atoms with E-state index < -0.39 is 0 Å². The lowest BCUT2D eigenvalue weighted by Crippen LogP contribution is -2.52. The smallest absolute Gasteiger partial charge is 0.409 e. The summed E-state index contributed by atoms with van der Waals surface area (Å²) in [5.74, 6) is 0.366. The van der Waals surface area contributed by atoms with Crippen molar-refractivity contribution in [3.8, 4) is 0 Å². The second-order valence-corrected chi connectivity index (χ2v) is 6.27. The molecule has 0 aromatic carbocycles. The van der Waals surface area contributed by atoms with Crippen LogP contribution in [-0.4, -0.2) is 41.9 Å². The van der Waals surface area contributed by atoms with Crippen molar-refractivity contribution in [3.05, 3.63) is 0 Å². The number of aliphatic hydroxyl groups is 1. The maximum Gasteiger partial charge on any atom is 0.409 e. The molecule has 0 aromatic heterocycles. The number of hydrogen-bond donors (Lipinski definition) is 1. The number of aliphatic hydroxyl groups excluding tert-OH is 1. The van der Waals surface area contributed by atoms with Crippen LogP contribution in [-0.2, 0) is 4.74 Å². The largest absolute Gasteiger partial charge is 0.449 e. The van der Waals surface area contributed by atoms with Gasteiger partial charge in [-0.3, -0.25) is 0 Å². The van der Waals surface area contributed by atoms with Gasteiger partial charge in [-0.1, -0.05) is 26.7 Å². The zero-order valence-corrected chi connectivity index (χ0v) is 11.5. The molecule has 0 bridgehead atoms. The van der Waals surface area contributed by atoms with Gasteiger partial charge in [0, 0.05) is 18.5 Å². The summed E-state index contributed by atoms with van der Waals surface area (Å²) in [6, 6.07) is 0. The number of rotatable bonds is 2. The van der Waals surface area contributed by atoms with Crippen LogP contribution >= 0.6 is 0 Å². The molecular weight excluding hydrogens is 230 g/mol. The molecule has 2 rings (SSSR count). The highest BCUT2D eigenvalue weighted by Gasteiger charge is 2.45. The van der Waals surface area contributed by atoms with Crippen LogP contribution in [0, 0.1) is 11.3 Å². The first-order valence-corrected chi connectivity index (χ1v) is 7.13. The number of nitrogens with zero attached hydrogens (tertiary/aromatic N) is 1. The van der Waals surface area contributed by atoms with Crippen LogP contribution in [0.25, 0.3) is 0 Å². The average Bonchev–Trinajstić information content (AvgIpc) is 2.79. The number of hydrogen-bond acceptors (Lipinski definition) is 3. The van der Waals surface area contributed by atoms with Gasteiger partial charge in [0.15, 0.2) is 0 Å². The van der Waals surface area contributed by atoms with Crippen LogP contribution in [0.4, 0.5) is 4.79 Å². The Balaban J connectivity index is 1.92. The molecule has 1 spiro atoms. The van der Waals surface area contributed by atoms with Gasteiger partial charge in [0.25, 0.3) is 0 Å². The number of likely N-dealkylation sites (tertiary alicyclic amines) is 1. The van der Waals surface area contributed by atoms with Gasteiger partial charge >= 0.3 is 6.09 Å². The molecule has 18 heavy (non-hydrogen) atoms. The quantitative estimate of drug-likeness (QED) is 0.824. The Morgan fingerprint density at radius 2 is 2.11 bits per heavy atom. The first kappa shape index (κ1) is 13.7. The van der Waals surface area contributed by atoms with Gasteiger partial charge in [0.05, 0.1) is 12.7 Å². The maximum absolute atomic E-state index is 12.0. The lowest BCUT2D eigenvalue weighted by Gasteiger charge is -2.43. The van der Waals surface area contributed by atoms with Crippen LogP contribution in [0.5, 0.6) is 0 Å². The Kier molecular flexibility index (Phi) is 4.15. The normalized spacial score (nSPS) is 26.9. The number of carbonyl (C=O) groups excluding carboxylic acids is 1. The summed E-state index contributed by atoms with van der Waals surface area (Å²) in [7, 11) is 0. The number of piperidine rings is 1. The Labute approximate surface area is 109 Å². The fraction of sp³-hybridized carbons (Fsp3) is 0.929. The van der Waals surface area contributed by atoms with E-state index in [0.717, 1.165) is 12.8 Å². The molecule has 0 aromatic rings. The van der Waals surface area contributed by atoms with E-state index in [2.05, 4.69) is 0 Å². The van der Waals surface area contributed by atoms with Crippen LogP contribution in [0.3, 0.4) is 0 Å². The highest BCUT2D eigenvalue weighted by atomic mass is 16.6. The van der Waals surface area contributed by atoms with Crippen LogP contribution in [0.1, 0.15) is 46.0 Å². The van der Waals surface area contributed by atoms with Gasteiger partial charge in [0.2, 0.25) is 0 Å². The minimum atomic E-state index is -0.242. The third-order valence-electron chi connectivity index (χ3n) is 4.28. The van der Waals surface area contributed by atoms with Crippen molar-refractivity contribution in [2.45, 2.75) is 52.1 Å². The molecule has 2 aliphatic rings. The summed E-state index contributed by atoms with van der Waals surface area (Å²) in [5, 5.41) is 10.2. The van der Waals surface area contributed by atoms with Gasteiger partial charge in [-0.2, -0.15) is 0 Å². The van der Waals surface area contributed by atoms with Gasteiger partial charge in [-0.05, 0) is 25.2 Å². The molecule has 1 saturated heterocycles. The van der Waals surface area contributed by atoms with E-state index in [-0.39, 0.29) is 17.6 Å². The van der Waals surface area contributed by atoms with Crippen molar-refractivity contribution in [2.75, 3.05) is 19.7 Å². The fourth-order valence-corrected chi connectivity index (χ4v) is 3.20. The Bertz CT molecular complexity index is 297. The molecule has 1 N–H and O–H groups in total. The van der Waals surface area contributed by atoms with E-state index in [0.29, 0.717) is 32.0 Å². The lowest BCUT2D eigenvalue weighted by molar-refractivity contribution is -0.0408. The van der Waals surface area contributed by atoms with Crippen LogP contribution in [0.2, 0.25) is 0 Å². The molecule has 1 aliphatic carbocycles. The van der Waals surface area contributed by atoms with Crippen molar-refractivity contribution >= 4 is 6.09 Å². The third-order valence-corrected chi connectivity index (χ3v) is 4.28. The molecule has 1 amide bonds. The molecule has 1 saturated carbocycles. The summed E-state index contributed by atoms with van der Waals surface area (Å²) in [6.07, 6.45) is 4.68. The minimum absolute atomic E-state index is 0.0465. The summed E-state index contributed by atoms with van der Waals surface area (Å²) >= 11 is 0. The molecule has 1 aliphatic heterocycles. The topological polar surface area (TPSA) is 49.8 Å².